The number of imidazole rings is 1. The molecule has 34 heavy (non-hydrogen) atoms. The number of halogens is 1. The maximum Gasteiger partial charge on any atom is 0.306 e. The number of aromatic nitrogens is 2. The van der Waals surface area contributed by atoms with E-state index in [-0.39, 0.29) is 23.4 Å². The number of anilines is 1. The SMILES string of the molecule is CCN(CC)S(=O)(=O)c1ccc2c(c1)nc(CCC(=O)OCC(=O)Nc1cccc(F)c1)n2C. The van der Waals surface area contributed by atoms with Gasteiger partial charge in [-0.1, -0.05) is 19.9 Å². The fraction of sp³-hybridized carbons (Fsp3) is 0.348. The predicted octanol–water partition coefficient (Wildman–Crippen LogP) is 2.86. The summed E-state index contributed by atoms with van der Waals surface area (Å²) in [6, 6.07) is 10.2. The summed E-state index contributed by atoms with van der Waals surface area (Å²) < 4.78 is 46.9. The first kappa shape index (κ1) is 25.3. The van der Waals surface area contributed by atoms with Crippen LogP contribution in [0.15, 0.2) is 47.4 Å². The number of aryl methyl sites for hydroxylation is 2. The van der Waals surface area contributed by atoms with E-state index in [1.54, 1.807) is 37.6 Å². The van der Waals surface area contributed by atoms with Crippen molar-refractivity contribution >= 4 is 38.6 Å². The van der Waals surface area contributed by atoms with Crippen LogP contribution >= 0.6 is 0 Å². The molecule has 0 atom stereocenters. The smallest absolute Gasteiger partial charge is 0.306 e. The number of hydrogen-bond acceptors (Lipinski definition) is 6. The Kier molecular flexibility index (Phi) is 8.00. The molecule has 1 heterocycles. The van der Waals surface area contributed by atoms with Crippen LogP contribution in [-0.4, -0.2) is 53.8 Å². The number of benzene rings is 2. The summed E-state index contributed by atoms with van der Waals surface area (Å²) in [5, 5.41) is 2.45. The van der Waals surface area contributed by atoms with Crippen molar-refractivity contribution in [3.8, 4) is 0 Å². The molecule has 9 nitrogen and oxygen atoms in total. The number of nitrogens with one attached hydrogen (secondary N) is 1. The molecule has 0 radical (unpaired) electrons. The molecule has 0 saturated heterocycles. The summed E-state index contributed by atoms with van der Waals surface area (Å²) in [7, 11) is -1.83. The zero-order valence-electron chi connectivity index (χ0n) is 19.2. The number of rotatable bonds is 10. The first-order valence-electron chi connectivity index (χ1n) is 10.8. The van der Waals surface area contributed by atoms with Crippen LogP contribution in [-0.2, 0) is 37.8 Å². The van der Waals surface area contributed by atoms with E-state index in [9.17, 15) is 22.4 Å². The van der Waals surface area contributed by atoms with Crippen LogP contribution in [0.1, 0.15) is 26.1 Å². The highest BCUT2D eigenvalue weighted by atomic mass is 32.2. The lowest BCUT2D eigenvalue weighted by molar-refractivity contribution is -0.147. The number of sulfonamides is 1. The van der Waals surface area contributed by atoms with Crippen molar-refractivity contribution in [2.75, 3.05) is 25.0 Å². The average molecular weight is 491 g/mol. The van der Waals surface area contributed by atoms with E-state index in [0.29, 0.717) is 24.4 Å². The summed E-state index contributed by atoms with van der Waals surface area (Å²) in [4.78, 5) is 28.6. The molecule has 2 aromatic carbocycles. The predicted molar refractivity (Wildman–Crippen MR) is 125 cm³/mol. The normalized spacial score (nSPS) is 11.7. The van der Waals surface area contributed by atoms with Gasteiger partial charge in [0.15, 0.2) is 6.61 Å². The molecular weight excluding hydrogens is 463 g/mol. The van der Waals surface area contributed by atoms with Crippen molar-refractivity contribution in [1.82, 2.24) is 13.9 Å². The Hall–Kier alpha value is -3.31. The summed E-state index contributed by atoms with van der Waals surface area (Å²) in [6.07, 6.45) is 0.225. The number of esters is 1. The van der Waals surface area contributed by atoms with Gasteiger partial charge in [0.1, 0.15) is 11.6 Å². The van der Waals surface area contributed by atoms with Crippen molar-refractivity contribution in [3.05, 3.63) is 54.1 Å². The highest BCUT2D eigenvalue weighted by Gasteiger charge is 2.23. The molecule has 0 unspecified atom stereocenters. The molecule has 0 bridgehead atoms. The molecular formula is C23H27FN4O5S. The topological polar surface area (TPSA) is 111 Å². The van der Waals surface area contributed by atoms with Crippen molar-refractivity contribution < 1.29 is 27.1 Å². The highest BCUT2D eigenvalue weighted by molar-refractivity contribution is 7.89. The second-order valence-electron chi connectivity index (χ2n) is 7.55. The van der Waals surface area contributed by atoms with Crippen LogP contribution < -0.4 is 5.32 Å². The van der Waals surface area contributed by atoms with Crippen molar-refractivity contribution in [3.63, 3.8) is 0 Å². The third kappa shape index (κ3) is 5.78. The number of carbonyl (C=O) groups excluding carboxylic acids is 2. The molecule has 1 amide bonds. The van der Waals surface area contributed by atoms with E-state index in [0.717, 1.165) is 11.6 Å². The summed E-state index contributed by atoms with van der Waals surface area (Å²) in [5.74, 6) is -1.08. The Balaban J connectivity index is 1.61. The lowest BCUT2D eigenvalue weighted by Crippen LogP contribution is -2.30. The van der Waals surface area contributed by atoms with Gasteiger partial charge in [-0.2, -0.15) is 4.31 Å². The zero-order valence-corrected chi connectivity index (χ0v) is 20.1. The van der Waals surface area contributed by atoms with E-state index >= 15 is 0 Å². The average Bonchev–Trinajstić information content (AvgIpc) is 3.12. The van der Waals surface area contributed by atoms with Gasteiger partial charge in [-0.25, -0.2) is 17.8 Å². The number of carbonyl (C=O) groups is 2. The Labute approximate surface area is 197 Å². The van der Waals surface area contributed by atoms with E-state index in [4.69, 9.17) is 4.74 Å². The highest BCUT2D eigenvalue weighted by Crippen LogP contribution is 2.23. The lowest BCUT2D eigenvalue weighted by atomic mass is 10.3. The fourth-order valence-electron chi connectivity index (χ4n) is 3.52. The molecule has 1 N–H and O–H groups in total. The molecule has 3 aromatic rings. The fourth-order valence-corrected chi connectivity index (χ4v) is 5.00. The van der Waals surface area contributed by atoms with E-state index in [2.05, 4.69) is 10.3 Å². The maximum absolute atomic E-state index is 13.2. The van der Waals surface area contributed by atoms with Gasteiger partial charge in [-0.3, -0.25) is 9.59 Å². The van der Waals surface area contributed by atoms with Crippen LogP contribution in [0, 0.1) is 5.82 Å². The van der Waals surface area contributed by atoms with Gasteiger partial charge < -0.3 is 14.6 Å². The minimum Gasteiger partial charge on any atom is -0.456 e. The molecule has 3 rings (SSSR count). The van der Waals surface area contributed by atoms with Crippen LogP contribution in [0.25, 0.3) is 11.0 Å². The van der Waals surface area contributed by atoms with Gasteiger partial charge in [-0.05, 0) is 36.4 Å². The zero-order chi connectivity index (χ0) is 24.9. The van der Waals surface area contributed by atoms with Gasteiger partial charge in [0.2, 0.25) is 10.0 Å². The third-order valence-electron chi connectivity index (χ3n) is 5.31. The van der Waals surface area contributed by atoms with Crippen LogP contribution in [0.5, 0.6) is 0 Å². The molecule has 11 heteroatoms. The second-order valence-corrected chi connectivity index (χ2v) is 9.48. The molecule has 1 aromatic heterocycles. The summed E-state index contributed by atoms with van der Waals surface area (Å²) in [6.45, 7) is 3.80. The molecule has 0 aliphatic rings. The number of hydrogen-bond donors (Lipinski definition) is 1. The van der Waals surface area contributed by atoms with Crippen molar-refractivity contribution in [1.29, 1.82) is 0 Å². The molecule has 0 fully saturated rings. The van der Waals surface area contributed by atoms with Crippen LogP contribution in [0.3, 0.4) is 0 Å². The van der Waals surface area contributed by atoms with Crippen LogP contribution in [0.2, 0.25) is 0 Å². The molecule has 0 spiro atoms. The first-order chi connectivity index (χ1) is 16.1. The number of ether oxygens (including phenoxy) is 1. The first-order valence-corrected chi connectivity index (χ1v) is 12.3. The molecule has 182 valence electrons. The number of nitrogens with zero attached hydrogens (tertiary/aromatic N) is 3. The quantitative estimate of drug-likeness (QED) is 0.438. The van der Waals surface area contributed by atoms with E-state index in [1.165, 1.54) is 28.6 Å². The third-order valence-corrected chi connectivity index (χ3v) is 7.36. The van der Waals surface area contributed by atoms with Gasteiger partial charge in [0, 0.05) is 32.2 Å². The van der Waals surface area contributed by atoms with Gasteiger partial charge in [0.05, 0.1) is 22.3 Å². The maximum atomic E-state index is 13.2. The van der Waals surface area contributed by atoms with Crippen molar-refractivity contribution in [2.45, 2.75) is 31.6 Å². The number of amides is 1. The largest absolute Gasteiger partial charge is 0.456 e. The van der Waals surface area contributed by atoms with Crippen LogP contribution in [0.4, 0.5) is 10.1 Å². The molecule has 0 aliphatic heterocycles. The van der Waals surface area contributed by atoms with E-state index in [1.807, 2.05) is 0 Å². The summed E-state index contributed by atoms with van der Waals surface area (Å²) >= 11 is 0. The van der Waals surface area contributed by atoms with Gasteiger partial charge >= 0.3 is 5.97 Å². The Morgan fingerprint density at radius 2 is 1.88 bits per heavy atom. The Morgan fingerprint density at radius 3 is 2.56 bits per heavy atom. The minimum atomic E-state index is -3.61. The van der Waals surface area contributed by atoms with Gasteiger partial charge in [-0.15, -0.1) is 0 Å². The lowest BCUT2D eigenvalue weighted by Gasteiger charge is -2.18. The second kappa shape index (κ2) is 10.7. The standard InChI is InChI=1S/C23H27FN4O5S/c1-4-28(5-2)34(31,32)18-9-10-20-19(14-18)26-21(27(20)3)11-12-23(30)33-15-22(29)25-17-8-6-7-16(24)13-17/h6-10,13-14H,4-5,11-12,15H2,1-3H3,(H,25,29). The Morgan fingerprint density at radius 1 is 1.15 bits per heavy atom. The monoisotopic (exact) mass is 490 g/mol. The molecule has 0 saturated carbocycles. The minimum absolute atomic E-state index is 0.0188. The Bertz CT molecular complexity index is 1300. The number of fused-ring (bicyclic) bond motifs is 1. The van der Waals surface area contributed by atoms with E-state index < -0.39 is 34.3 Å². The van der Waals surface area contributed by atoms with Gasteiger partial charge in [0.25, 0.3) is 5.91 Å². The summed E-state index contributed by atoms with van der Waals surface area (Å²) in [5.41, 5.74) is 1.51. The van der Waals surface area contributed by atoms with Crippen molar-refractivity contribution in [2.24, 2.45) is 7.05 Å². The molecule has 0 aliphatic carbocycles.